The molecule has 1 aliphatic rings. The molecule has 0 bridgehead atoms. The van der Waals surface area contributed by atoms with Gasteiger partial charge in [0.25, 0.3) is 0 Å². The molecule has 0 spiro atoms. The lowest BCUT2D eigenvalue weighted by atomic mass is 10.0. The number of likely N-dealkylation sites (tertiary alicyclic amines) is 1. The molecule has 39 heavy (non-hydrogen) atoms. The maximum absolute atomic E-state index is 13.4. The van der Waals surface area contributed by atoms with Gasteiger partial charge in [-0.1, -0.05) is 12.1 Å². The molecule has 1 saturated heterocycles. The molecule has 8 N–H and O–H groups in total. The molecule has 1 fully saturated rings. The number of amides is 5. The van der Waals surface area contributed by atoms with Gasteiger partial charge >= 0.3 is 5.97 Å². The van der Waals surface area contributed by atoms with E-state index in [1.165, 1.54) is 36.1 Å². The van der Waals surface area contributed by atoms with Gasteiger partial charge in [-0.25, -0.2) is 4.39 Å². The predicted octanol–water partition coefficient (Wildman–Crippen LogP) is -3.01. The lowest BCUT2D eigenvalue weighted by Gasteiger charge is -2.30. The highest BCUT2D eigenvalue weighted by atomic mass is 19.1. The SMILES string of the molecule is C[C@@H](O)[C@H](NC(=O)[C@@H]1CCCN1C(=O)[C@H](Cc1ccc(F)cc1)NC(=O)CN)C(=O)NCC(=O)NCC(=O)O. The molecule has 1 aromatic carbocycles. The fourth-order valence-corrected chi connectivity index (χ4v) is 3.98. The summed E-state index contributed by atoms with van der Waals surface area (Å²) in [4.78, 5) is 74.5. The first-order valence-corrected chi connectivity index (χ1v) is 12.2. The molecular formula is C24H33FN6O8. The molecule has 14 nitrogen and oxygen atoms in total. The first-order chi connectivity index (χ1) is 18.4. The predicted molar refractivity (Wildman–Crippen MR) is 133 cm³/mol. The number of nitrogens with two attached hydrogens (primary N) is 1. The van der Waals surface area contributed by atoms with Crippen molar-refractivity contribution in [3.8, 4) is 0 Å². The minimum atomic E-state index is -1.48. The van der Waals surface area contributed by atoms with Crippen LogP contribution in [-0.2, 0) is 35.2 Å². The van der Waals surface area contributed by atoms with Gasteiger partial charge in [-0.2, -0.15) is 0 Å². The topological polar surface area (TPSA) is 220 Å². The van der Waals surface area contributed by atoms with Crippen molar-refractivity contribution >= 4 is 35.5 Å². The number of aliphatic carboxylic acids is 1. The first kappa shape index (κ1) is 31.1. The van der Waals surface area contributed by atoms with Crippen molar-refractivity contribution in [1.29, 1.82) is 0 Å². The van der Waals surface area contributed by atoms with Crippen molar-refractivity contribution in [2.45, 2.75) is 50.4 Å². The molecule has 1 aliphatic heterocycles. The Morgan fingerprint density at radius 3 is 2.31 bits per heavy atom. The Bertz CT molecular complexity index is 1070. The Morgan fingerprint density at radius 1 is 1.05 bits per heavy atom. The summed E-state index contributed by atoms with van der Waals surface area (Å²) in [7, 11) is 0. The number of halogens is 1. The normalized spacial score (nSPS) is 16.9. The molecule has 0 unspecified atom stereocenters. The molecule has 0 radical (unpaired) electrons. The van der Waals surface area contributed by atoms with E-state index in [0.29, 0.717) is 12.0 Å². The number of carbonyl (C=O) groups is 6. The summed E-state index contributed by atoms with van der Waals surface area (Å²) < 4.78 is 13.3. The largest absolute Gasteiger partial charge is 0.480 e. The zero-order chi connectivity index (χ0) is 29.1. The van der Waals surface area contributed by atoms with E-state index in [0.717, 1.165) is 0 Å². The number of nitrogens with zero attached hydrogens (tertiary/aromatic N) is 1. The standard InChI is InChI=1S/C24H33FN6O8/c1-13(32)21(23(38)28-11-19(34)27-12-20(35)36)30-22(37)17-3-2-8-31(17)24(39)16(29-18(33)10-26)9-14-4-6-15(25)7-5-14/h4-7,13,16-17,21,32H,2-3,8-12,26H2,1H3,(H,27,34)(H,28,38)(H,29,33)(H,30,37)(H,35,36)/t13-,16+,17+,21+/m1/s1. The van der Waals surface area contributed by atoms with Gasteiger partial charge in [-0.05, 0) is 37.5 Å². The van der Waals surface area contributed by atoms with Gasteiger partial charge in [0.05, 0.1) is 19.2 Å². The van der Waals surface area contributed by atoms with Crippen molar-refractivity contribution in [2.24, 2.45) is 5.73 Å². The average Bonchev–Trinajstić information content (AvgIpc) is 3.39. The van der Waals surface area contributed by atoms with Crippen LogP contribution < -0.4 is 27.0 Å². The molecule has 1 aromatic rings. The number of rotatable bonds is 13. The number of hydrogen-bond donors (Lipinski definition) is 7. The van der Waals surface area contributed by atoms with Crippen molar-refractivity contribution in [1.82, 2.24) is 26.2 Å². The smallest absolute Gasteiger partial charge is 0.322 e. The third-order valence-corrected chi connectivity index (χ3v) is 5.93. The van der Waals surface area contributed by atoms with E-state index in [1.54, 1.807) is 0 Å². The van der Waals surface area contributed by atoms with E-state index in [1.807, 2.05) is 0 Å². The summed E-state index contributed by atoms with van der Waals surface area (Å²) in [5.74, 6) is -5.35. The van der Waals surface area contributed by atoms with Crippen LogP contribution in [0.1, 0.15) is 25.3 Å². The number of benzene rings is 1. The summed E-state index contributed by atoms with van der Waals surface area (Å²) >= 11 is 0. The molecule has 0 aliphatic carbocycles. The fraction of sp³-hybridized carbons (Fsp3) is 0.500. The number of nitrogens with one attached hydrogen (secondary N) is 4. The Balaban J connectivity index is 2.10. The van der Waals surface area contributed by atoms with E-state index in [4.69, 9.17) is 10.8 Å². The molecule has 0 aromatic heterocycles. The van der Waals surface area contributed by atoms with E-state index in [2.05, 4.69) is 21.3 Å². The van der Waals surface area contributed by atoms with E-state index in [9.17, 15) is 38.3 Å². The van der Waals surface area contributed by atoms with Crippen LogP contribution in [0.15, 0.2) is 24.3 Å². The molecule has 5 amide bonds. The number of hydrogen-bond acceptors (Lipinski definition) is 8. The summed E-state index contributed by atoms with van der Waals surface area (Å²) in [6.45, 7) is -0.190. The molecule has 0 saturated carbocycles. The average molecular weight is 553 g/mol. The number of carbonyl (C=O) groups excluding carboxylic acids is 5. The molecule has 15 heteroatoms. The van der Waals surface area contributed by atoms with Crippen molar-refractivity contribution in [3.63, 3.8) is 0 Å². The van der Waals surface area contributed by atoms with E-state index >= 15 is 0 Å². The molecule has 1 heterocycles. The molecular weight excluding hydrogens is 519 g/mol. The summed E-state index contributed by atoms with van der Waals surface area (Å²) in [6.07, 6.45) is -0.667. The van der Waals surface area contributed by atoms with Crippen molar-refractivity contribution < 1.29 is 43.4 Å². The van der Waals surface area contributed by atoms with Crippen LogP contribution in [0.3, 0.4) is 0 Å². The second kappa shape index (κ2) is 14.7. The Hall–Kier alpha value is -4.11. The van der Waals surface area contributed by atoms with Crippen LogP contribution in [-0.4, -0.2) is 101 Å². The fourth-order valence-electron chi connectivity index (χ4n) is 3.98. The third-order valence-electron chi connectivity index (χ3n) is 5.93. The number of aliphatic hydroxyl groups excluding tert-OH is 1. The highest BCUT2D eigenvalue weighted by Crippen LogP contribution is 2.20. The highest BCUT2D eigenvalue weighted by molar-refractivity contribution is 5.96. The number of carboxylic acids is 1. The van der Waals surface area contributed by atoms with Gasteiger partial charge in [0.1, 0.15) is 30.5 Å². The minimum absolute atomic E-state index is 0.0122. The van der Waals surface area contributed by atoms with Crippen LogP contribution >= 0.6 is 0 Å². The van der Waals surface area contributed by atoms with E-state index in [-0.39, 0.29) is 25.9 Å². The maximum Gasteiger partial charge on any atom is 0.322 e. The summed E-state index contributed by atoms with van der Waals surface area (Å²) in [5, 5.41) is 27.8. The lowest BCUT2D eigenvalue weighted by Crippen LogP contribution is -2.59. The van der Waals surface area contributed by atoms with Crippen LogP contribution in [0, 0.1) is 5.82 Å². The van der Waals surface area contributed by atoms with Crippen LogP contribution in [0.5, 0.6) is 0 Å². The Morgan fingerprint density at radius 2 is 1.72 bits per heavy atom. The van der Waals surface area contributed by atoms with Gasteiger partial charge in [-0.3, -0.25) is 28.8 Å². The summed E-state index contributed by atoms with van der Waals surface area (Å²) in [6, 6.07) is 1.76. The zero-order valence-electron chi connectivity index (χ0n) is 21.3. The molecule has 2 rings (SSSR count). The van der Waals surface area contributed by atoms with Crippen LogP contribution in [0.4, 0.5) is 4.39 Å². The van der Waals surface area contributed by atoms with Crippen molar-refractivity contribution in [3.05, 3.63) is 35.6 Å². The van der Waals surface area contributed by atoms with Gasteiger partial charge in [0.15, 0.2) is 0 Å². The van der Waals surface area contributed by atoms with Crippen LogP contribution in [0.2, 0.25) is 0 Å². The molecule has 214 valence electrons. The van der Waals surface area contributed by atoms with Gasteiger partial charge < -0.3 is 42.1 Å². The second-order valence-corrected chi connectivity index (χ2v) is 8.96. The number of aliphatic hydroxyl groups is 1. The van der Waals surface area contributed by atoms with Gasteiger partial charge in [0, 0.05) is 13.0 Å². The maximum atomic E-state index is 13.4. The zero-order valence-corrected chi connectivity index (χ0v) is 21.3. The van der Waals surface area contributed by atoms with Crippen molar-refractivity contribution in [2.75, 3.05) is 26.2 Å². The highest BCUT2D eigenvalue weighted by Gasteiger charge is 2.39. The Kier molecular flexibility index (Phi) is 11.7. The lowest BCUT2D eigenvalue weighted by molar-refractivity contribution is -0.142. The van der Waals surface area contributed by atoms with Gasteiger partial charge in [-0.15, -0.1) is 0 Å². The minimum Gasteiger partial charge on any atom is -0.480 e. The third kappa shape index (κ3) is 9.61. The summed E-state index contributed by atoms with van der Waals surface area (Å²) in [5.41, 5.74) is 5.94. The van der Waals surface area contributed by atoms with E-state index < -0.39 is 78.6 Å². The van der Waals surface area contributed by atoms with Gasteiger partial charge in [0.2, 0.25) is 29.5 Å². The first-order valence-electron chi connectivity index (χ1n) is 12.2. The quantitative estimate of drug-likeness (QED) is 0.132. The Labute approximate surface area is 223 Å². The molecule has 4 atom stereocenters. The second-order valence-electron chi connectivity index (χ2n) is 8.96. The van der Waals surface area contributed by atoms with Crippen LogP contribution in [0.25, 0.3) is 0 Å². The number of carboxylic acid groups (broad SMARTS) is 1. The monoisotopic (exact) mass is 552 g/mol.